The zero-order chi connectivity index (χ0) is 20.6. The molecule has 0 aromatic carbocycles. The molecule has 27 heavy (non-hydrogen) atoms. The van der Waals surface area contributed by atoms with E-state index in [9.17, 15) is 4.79 Å². The summed E-state index contributed by atoms with van der Waals surface area (Å²) in [6, 6.07) is 0. The fraction of sp³-hybridized carbons (Fsp3) is 0.957. The van der Waals surface area contributed by atoms with E-state index in [2.05, 4.69) is 62.5 Å². The topological polar surface area (TPSA) is 29.5 Å². The molecule has 1 aliphatic heterocycles. The largest absolute Gasteiger partial charge is 0.466 e. The Morgan fingerprint density at radius 1 is 1.22 bits per heavy atom. The number of esters is 1. The number of hydrogen-bond acceptors (Lipinski definition) is 3. The first-order chi connectivity index (χ1) is 12.4. The molecule has 0 spiro atoms. The third kappa shape index (κ3) is 4.40. The van der Waals surface area contributed by atoms with E-state index in [1.54, 1.807) is 0 Å². The van der Waals surface area contributed by atoms with Crippen molar-refractivity contribution in [1.29, 1.82) is 0 Å². The first kappa shape index (κ1) is 23.1. The van der Waals surface area contributed by atoms with Crippen molar-refractivity contribution in [3.63, 3.8) is 0 Å². The Morgan fingerprint density at radius 3 is 2.41 bits per heavy atom. The van der Waals surface area contributed by atoms with Gasteiger partial charge < -0.3 is 4.74 Å². The molecule has 1 aliphatic carbocycles. The summed E-state index contributed by atoms with van der Waals surface area (Å²) < 4.78 is 8.18. The normalized spacial score (nSPS) is 44.3. The summed E-state index contributed by atoms with van der Waals surface area (Å²) in [7, 11) is 3.01. The number of fused-ring (bicyclic) bond motifs is 2. The van der Waals surface area contributed by atoms with Crippen molar-refractivity contribution >= 4 is 15.4 Å². The van der Waals surface area contributed by atoms with Gasteiger partial charge in [0.2, 0.25) is 0 Å². The van der Waals surface area contributed by atoms with Crippen LogP contribution in [0.2, 0.25) is 0 Å². The van der Waals surface area contributed by atoms with Crippen LogP contribution in [0.3, 0.4) is 0 Å². The lowest BCUT2D eigenvalue weighted by Gasteiger charge is -2.50. The van der Waals surface area contributed by atoms with Crippen LogP contribution in [-0.4, -0.2) is 29.3 Å². The molecule has 8 atom stereocenters. The van der Waals surface area contributed by atoms with Crippen LogP contribution < -0.4 is 0 Å². The van der Waals surface area contributed by atoms with Gasteiger partial charge in [0, 0.05) is 12.1 Å². The maximum absolute atomic E-state index is 13.3. The van der Waals surface area contributed by atoms with Gasteiger partial charge in [0.1, 0.15) is 0 Å². The van der Waals surface area contributed by atoms with Crippen LogP contribution >= 0.6 is 9.39 Å². The number of carbonyl (C=O) groups is 1. The number of carbonyl (C=O) groups excluding carboxylic acids is 1. The Kier molecular flexibility index (Phi) is 7.12. The van der Waals surface area contributed by atoms with Gasteiger partial charge in [-0.15, -0.1) is 0 Å². The Bertz CT molecular complexity index is 540. The summed E-state index contributed by atoms with van der Waals surface area (Å²) >= 11 is 0. The van der Waals surface area contributed by atoms with Gasteiger partial charge in [-0.2, -0.15) is 0 Å². The molecule has 4 heteroatoms. The molecule has 0 amide bonds. The van der Waals surface area contributed by atoms with Gasteiger partial charge in [-0.3, -0.25) is 9.46 Å². The minimum absolute atomic E-state index is 0.0316. The zero-order valence-electron chi connectivity index (χ0n) is 19.1. The van der Waals surface area contributed by atoms with Crippen LogP contribution in [0.4, 0.5) is 0 Å². The third-order valence-corrected chi connectivity index (χ3v) is 8.96. The Balaban J connectivity index is 2.58. The molecule has 2 fully saturated rings. The van der Waals surface area contributed by atoms with E-state index in [1.807, 2.05) is 6.92 Å². The first-order valence-corrected chi connectivity index (χ1v) is 11.6. The summed E-state index contributed by atoms with van der Waals surface area (Å²) in [6.07, 6.45) is 5.78. The summed E-state index contributed by atoms with van der Waals surface area (Å²) in [5.41, 5.74) is 0.377. The lowest BCUT2D eigenvalue weighted by atomic mass is 9.57. The molecular formula is C23H44NO2P. The van der Waals surface area contributed by atoms with Gasteiger partial charge in [0.15, 0.2) is 0 Å². The second-order valence-electron chi connectivity index (χ2n) is 10.8. The lowest BCUT2D eigenvalue weighted by Crippen LogP contribution is -2.50. The van der Waals surface area contributed by atoms with Crippen molar-refractivity contribution in [2.75, 3.05) is 13.2 Å². The van der Waals surface area contributed by atoms with Crippen molar-refractivity contribution < 1.29 is 9.53 Å². The highest BCUT2D eigenvalue weighted by atomic mass is 31.0. The van der Waals surface area contributed by atoms with E-state index in [0.717, 1.165) is 25.8 Å². The van der Waals surface area contributed by atoms with Crippen LogP contribution in [0.15, 0.2) is 0 Å². The molecule has 2 rings (SSSR count). The molecule has 1 saturated heterocycles. The number of ether oxygens (including phenoxy) is 1. The highest BCUT2D eigenvalue weighted by Gasteiger charge is 2.57. The zero-order valence-corrected chi connectivity index (χ0v) is 20.3. The monoisotopic (exact) mass is 397 g/mol. The molecule has 1 heterocycles. The molecule has 8 unspecified atom stereocenters. The molecule has 2 aliphatic rings. The van der Waals surface area contributed by atoms with Gasteiger partial charge >= 0.3 is 5.97 Å². The minimum atomic E-state index is -0.0604. The molecule has 1 saturated carbocycles. The molecule has 3 nitrogen and oxygen atoms in total. The highest BCUT2D eigenvalue weighted by molar-refractivity contribution is 7.13. The molecule has 158 valence electrons. The Hall–Kier alpha value is -0.140. The van der Waals surface area contributed by atoms with Crippen molar-refractivity contribution in [3.8, 4) is 0 Å². The quantitative estimate of drug-likeness (QED) is 0.425. The Labute approximate surface area is 170 Å². The summed E-state index contributed by atoms with van der Waals surface area (Å²) in [6.45, 7) is 20.1. The molecular weight excluding hydrogens is 353 g/mol. The van der Waals surface area contributed by atoms with Crippen LogP contribution in [0.25, 0.3) is 0 Å². The summed E-state index contributed by atoms with van der Waals surface area (Å²) in [5.74, 6) is 1.34. The van der Waals surface area contributed by atoms with Crippen molar-refractivity contribution in [1.82, 2.24) is 4.67 Å². The van der Waals surface area contributed by atoms with E-state index in [0.29, 0.717) is 29.8 Å². The van der Waals surface area contributed by atoms with Crippen molar-refractivity contribution in [2.24, 2.45) is 34.5 Å². The fourth-order valence-electron chi connectivity index (χ4n) is 6.76. The van der Waals surface area contributed by atoms with Gasteiger partial charge in [-0.25, -0.2) is 0 Å². The first-order valence-electron chi connectivity index (χ1n) is 11.1. The lowest BCUT2D eigenvalue weighted by molar-refractivity contribution is -0.160. The van der Waals surface area contributed by atoms with Crippen LogP contribution in [0.1, 0.15) is 87.5 Å². The van der Waals surface area contributed by atoms with Crippen molar-refractivity contribution in [3.05, 3.63) is 0 Å². The predicted octanol–water partition coefficient (Wildman–Crippen LogP) is 5.94. The molecule has 0 aromatic heterocycles. The number of rotatable bonds is 5. The highest BCUT2D eigenvalue weighted by Crippen LogP contribution is 2.58. The van der Waals surface area contributed by atoms with E-state index in [4.69, 9.17) is 4.74 Å². The van der Waals surface area contributed by atoms with Gasteiger partial charge in [-0.1, -0.05) is 63.8 Å². The molecule has 0 aromatic rings. The molecule has 2 bridgehead atoms. The Morgan fingerprint density at radius 2 is 1.85 bits per heavy atom. The average Bonchev–Trinajstić information content (AvgIpc) is 2.76. The number of hydrogen-bond donors (Lipinski definition) is 0. The van der Waals surface area contributed by atoms with Gasteiger partial charge in [-0.05, 0) is 61.7 Å². The standard InChI is InChI=1S/C23H44NO2P/c1-9-11-17(4)23(8)14-22(7)13-21(6,15-24(22)27)12-16(3)18(5)19(23)20(25)26-10-2/h16-19H,9-15,27H2,1-8H3. The maximum Gasteiger partial charge on any atom is 0.309 e. The van der Waals surface area contributed by atoms with Gasteiger partial charge in [0.25, 0.3) is 0 Å². The van der Waals surface area contributed by atoms with Crippen molar-refractivity contribution in [2.45, 2.75) is 93.0 Å². The van der Waals surface area contributed by atoms with Crippen LogP contribution in [0.5, 0.6) is 0 Å². The van der Waals surface area contributed by atoms with Crippen LogP contribution in [0, 0.1) is 34.5 Å². The molecule has 0 radical (unpaired) electrons. The van der Waals surface area contributed by atoms with E-state index in [1.165, 1.54) is 12.8 Å². The second-order valence-corrected chi connectivity index (χ2v) is 11.4. The minimum Gasteiger partial charge on any atom is -0.466 e. The fourth-order valence-corrected chi connectivity index (χ4v) is 7.39. The van der Waals surface area contributed by atoms with E-state index in [-0.39, 0.29) is 22.8 Å². The maximum atomic E-state index is 13.3. The average molecular weight is 398 g/mol. The van der Waals surface area contributed by atoms with E-state index < -0.39 is 0 Å². The SMILES string of the molecule is CCCC(C)C1(C)CC2(C)CC(C)(CC(C)C(C)C1C(=O)OCC)CN2P. The van der Waals surface area contributed by atoms with E-state index >= 15 is 0 Å². The predicted molar refractivity (Wildman–Crippen MR) is 117 cm³/mol. The summed E-state index contributed by atoms with van der Waals surface area (Å²) in [5, 5.41) is 0. The molecule has 0 N–H and O–H groups in total. The number of nitrogens with zero attached hydrogens (tertiary/aromatic N) is 1. The smallest absolute Gasteiger partial charge is 0.309 e. The van der Waals surface area contributed by atoms with Gasteiger partial charge in [0.05, 0.1) is 12.5 Å². The second kappa shape index (κ2) is 8.31. The third-order valence-electron chi connectivity index (χ3n) is 8.15. The summed E-state index contributed by atoms with van der Waals surface area (Å²) in [4.78, 5) is 13.3. The van der Waals surface area contributed by atoms with Crippen LogP contribution in [-0.2, 0) is 9.53 Å².